The van der Waals surface area contributed by atoms with Crippen LogP contribution < -0.4 is 11.1 Å². The summed E-state index contributed by atoms with van der Waals surface area (Å²) in [6.07, 6.45) is 1.90. The lowest BCUT2D eigenvalue weighted by atomic mass is 9.95. The Morgan fingerprint density at radius 3 is 2.83 bits per heavy atom. The molecule has 3 N–H and O–H groups in total. The van der Waals surface area contributed by atoms with Crippen LogP contribution in [0.5, 0.6) is 0 Å². The fraction of sp³-hybridized carbons (Fsp3) is 0.611. The standard InChI is InChI=1S/C18H28N2O3.ClH/c1-14(17(19)16-6-3-2-4-7-16)18(21)20-9-5-10-22-12-15-8-11-23-13-15;/h2-4,6-7,14-15,17H,5,8-13,19H2,1H3,(H,20,21);1H. The van der Waals surface area contributed by atoms with Crippen LogP contribution in [0, 0.1) is 11.8 Å². The first kappa shape index (κ1) is 20.9. The van der Waals surface area contributed by atoms with Gasteiger partial charge in [-0.3, -0.25) is 4.79 Å². The lowest BCUT2D eigenvalue weighted by Crippen LogP contribution is -2.36. The summed E-state index contributed by atoms with van der Waals surface area (Å²) < 4.78 is 10.9. The molecule has 0 saturated carbocycles. The molecule has 5 nitrogen and oxygen atoms in total. The molecule has 0 aliphatic carbocycles. The summed E-state index contributed by atoms with van der Waals surface area (Å²) in [6, 6.07) is 9.44. The van der Waals surface area contributed by atoms with E-state index in [0.29, 0.717) is 19.1 Å². The van der Waals surface area contributed by atoms with Gasteiger partial charge in [0.25, 0.3) is 0 Å². The van der Waals surface area contributed by atoms with Crippen LogP contribution in [0.2, 0.25) is 0 Å². The van der Waals surface area contributed by atoms with Crippen molar-refractivity contribution in [1.82, 2.24) is 5.32 Å². The Balaban J connectivity index is 0.00000288. The molecule has 1 amide bonds. The van der Waals surface area contributed by atoms with Crippen LogP contribution in [0.15, 0.2) is 30.3 Å². The van der Waals surface area contributed by atoms with Gasteiger partial charge in [-0.05, 0) is 18.4 Å². The predicted molar refractivity (Wildman–Crippen MR) is 97.2 cm³/mol. The molecule has 1 aromatic carbocycles. The Labute approximate surface area is 150 Å². The van der Waals surface area contributed by atoms with Gasteiger partial charge in [-0.2, -0.15) is 0 Å². The SMILES string of the molecule is CC(C(=O)NCCCOCC1CCOC1)C(N)c1ccccc1.Cl. The van der Waals surface area contributed by atoms with Crippen molar-refractivity contribution in [3.8, 4) is 0 Å². The molecule has 1 heterocycles. The molecule has 1 aliphatic rings. The summed E-state index contributed by atoms with van der Waals surface area (Å²) in [6.45, 7) is 5.56. The van der Waals surface area contributed by atoms with E-state index in [9.17, 15) is 4.79 Å². The highest BCUT2D eigenvalue weighted by atomic mass is 35.5. The van der Waals surface area contributed by atoms with Gasteiger partial charge in [0.2, 0.25) is 5.91 Å². The van der Waals surface area contributed by atoms with Crippen molar-refractivity contribution in [2.45, 2.75) is 25.8 Å². The maximum absolute atomic E-state index is 12.2. The van der Waals surface area contributed by atoms with Crippen molar-refractivity contribution in [2.75, 3.05) is 33.0 Å². The van der Waals surface area contributed by atoms with E-state index in [1.807, 2.05) is 37.3 Å². The second kappa shape index (κ2) is 11.4. The Morgan fingerprint density at radius 2 is 2.17 bits per heavy atom. The lowest BCUT2D eigenvalue weighted by Gasteiger charge is -2.19. The molecule has 1 aliphatic heterocycles. The van der Waals surface area contributed by atoms with Crippen molar-refractivity contribution in [3.63, 3.8) is 0 Å². The number of rotatable bonds is 9. The Morgan fingerprint density at radius 1 is 1.42 bits per heavy atom. The maximum Gasteiger partial charge on any atom is 0.224 e. The van der Waals surface area contributed by atoms with Gasteiger partial charge in [-0.1, -0.05) is 37.3 Å². The van der Waals surface area contributed by atoms with E-state index in [4.69, 9.17) is 15.2 Å². The number of carbonyl (C=O) groups excluding carboxylic acids is 1. The van der Waals surface area contributed by atoms with Crippen LogP contribution in [-0.4, -0.2) is 38.9 Å². The van der Waals surface area contributed by atoms with E-state index in [1.54, 1.807) is 0 Å². The van der Waals surface area contributed by atoms with Gasteiger partial charge in [0.05, 0.1) is 19.1 Å². The Kier molecular flexibility index (Phi) is 9.95. The first-order chi connectivity index (χ1) is 11.2. The van der Waals surface area contributed by atoms with Crippen molar-refractivity contribution >= 4 is 18.3 Å². The maximum atomic E-state index is 12.2. The first-order valence-electron chi connectivity index (χ1n) is 8.42. The molecular weight excluding hydrogens is 328 g/mol. The van der Waals surface area contributed by atoms with Crippen LogP contribution in [0.1, 0.15) is 31.4 Å². The zero-order valence-corrected chi connectivity index (χ0v) is 15.1. The molecule has 3 unspecified atom stereocenters. The smallest absolute Gasteiger partial charge is 0.224 e. The largest absolute Gasteiger partial charge is 0.381 e. The van der Waals surface area contributed by atoms with Crippen LogP contribution in [0.25, 0.3) is 0 Å². The third kappa shape index (κ3) is 6.77. The van der Waals surface area contributed by atoms with Gasteiger partial charge >= 0.3 is 0 Å². The minimum Gasteiger partial charge on any atom is -0.381 e. The normalized spacial score (nSPS) is 19.3. The van der Waals surface area contributed by atoms with E-state index >= 15 is 0 Å². The lowest BCUT2D eigenvalue weighted by molar-refractivity contribution is -0.125. The summed E-state index contributed by atoms with van der Waals surface area (Å²) >= 11 is 0. The summed E-state index contributed by atoms with van der Waals surface area (Å²) in [4.78, 5) is 12.2. The number of amides is 1. The molecule has 2 rings (SSSR count). The molecule has 1 fully saturated rings. The van der Waals surface area contributed by atoms with Gasteiger partial charge in [0, 0.05) is 31.7 Å². The van der Waals surface area contributed by atoms with Crippen LogP contribution in [0.4, 0.5) is 0 Å². The second-order valence-electron chi connectivity index (χ2n) is 6.17. The van der Waals surface area contributed by atoms with Gasteiger partial charge in [0.15, 0.2) is 0 Å². The molecule has 1 aromatic rings. The van der Waals surface area contributed by atoms with Crippen LogP contribution in [-0.2, 0) is 14.3 Å². The summed E-state index contributed by atoms with van der Waals surface area (Å²) in [5.41, 5.74) is 7.15. The van der Waals surface area contributed by atoms with Crippen molar-refractivity contribution in [3.05, 3.63) is 35.9 Å². The van der Waals surface area contributed by atoms with Gasteiger partial charge in [-0.15, -0.1) is 12.4 Å². The summed E-state index contributed by atoms with van der Waals surface area (Å²) in [7, 11) is 0. The Bertz CT molecular complexity index is 467. The topological polar surface area (TPSA) is 73.6 Å². The van der Waals surface area contributed by atoms with Crippen molar-refractivity contribution in [2.24, 2.45) is 17.6 Å². The predicted octanol–water partition coefficient (Wildman–Crippen LogP) is 2.30. The van der Waals surface area contributed by atoms with Gasteiger partial charge in [0.1, 0.15) is 0 Å². The number of hydrogen-bond donors (Lipinski definition) is 2. The van der Waals surface area contributed by atoms with E-state index in [1.165, 1.54) is 0 Å². The molecular formula is C18H29ClN2O3. The molecule has 0 aromatic heterocycles. The average Bonchev–Trinajstić information content (AvgIpc) is 3.10. The molecule has 0 radical (unpaired) electrons. The highest BCUT2D eigenvalue weighted by Crippen LogP contribution is 2.19. The summed E-state index contributed by atoms with van der Waals surface area (Å²) in [5.74, 6) is 0.271. The molecule has 1 saturated heterocycles. The molecule has 136 valence electrons. The fourth-order valence-electron chi connectivity index (χ4n) is 2.64. The molecule has 3 atom stereocenters. The highest BCUT2D eigenvalue weighted by molar-refractivity contribution is 5.85. The zero-order valence-electron chi connectivity index (χ0n) is 14.3. The zero-order chi connectivity index (χ0) is 16.5. The number of halogens is 1. The third-order valence-corrected chi connectivity index (χ3v) is 4.28. The first-order valence-corrected chi connectivity index (χ1v) is 8.42. The van der Waals surface area contributed by atoms with E-state index in [-0.39, 0.29) is 30.3 Å². The molecule has 24 heavy (non-hydrogen) atoms. The van der Waals surface area contributed by atoms with Crippen LogP contribution >= 0.6 is 12.4 Å². The second-order valence-corrected chi connectivity index (χ2v) is 6.17. The van der Waals surface area contributed by atoms with E-state index in [2.05, 4.69) is 5.32 Å². The average molecular weight is 357 g/mol. The number of hydrogen-bond acceptors (Lipinski definition) is 4. The monoisotopic (exact) mass is 356 g/mol. The van der Waals surface area contributed by atoms with E-state index < -0.39 is 0 Å². The summed E-state index contributed by atoms with van der Waals surface area (Å²) in [5, 5.41) is 2.94. The minimum absolute atomic E-state index is 0. The van der Waals surface area contributed by atoms with E-state index in [0.717, 1.165) is 38.2 Å². The molecule has 0 bridgehead atoms. The van der Waals surface area contributed by atoms with Gasteiger partial charge in [-0.25, -0.2) is 0 Å². The molecule has 0 spiro atoms. The van der Waals surface area contributed by atoms with Gasteiger partial charge < -0.3 is 20.5 Å². The number of nitrogens with two attached hydrogens (primary N) is 1. The third-order valence-electron chi connectivity index (χ3n) is 4.28. The quantitative estimate of drug-likeness (QED) is 0.666. The highest BCUT2D eigenvalue weighted by Gasteiger charge is 2.21. The van der Waals surface area contributed by atoms with Crippen molar-refractivity contribution < 1.29 is 14.3 Å². The number of carbonyl (C=O) groups is 1. The number of benzene rings is 1. The minimum atomic E-state index is -0.283. The van der Waals surface area contributed by atoms with Crippen molar-refractivity contribution in [1.29, 1.82) is 0 Å². The number of ether oxygens (including phenoxy) is 2. The fourth-order valence-corrected chi connectivity index (χ4v) is 2.64. The number of nitrogens with one attached hydrogen (secondary N) is 1. The van der Waals surface area contributed by atoms with Crippen LogP contribution in [0.3, 0.4) is 0 Å². The molecule has 6 heteroatoms. The Hall–Kier alpha value is -1.14.